The van der Waals surface area contributed by atoms with Crippen molar-refractivity contribution in [3.63, 3.8) is 0 Å². The summed E-state index contributed by atoms with van der Waals surface area (Å²) < 4.78 is 0. The monoisotopic (exact) mass is 178 g/mol. The lowest BCUT2D eigenvalue weighted by molar-refractivity contribution is 1.64. The third-order valence-corrected chi connectivity index (χ3v) is 2.35. The van der Waals surface area contributed by atoms with E-state index in [1.807, 2.05) is 25.1 Å². The zero-order chi connectivity index (χ0) is 8.72. The Balaban J connectivity index is 2.56. The van der Waals surface area contributed by atoms with Gasteiger partial charge in [-0.3, -0.25) is 4.79 Å². The van der Waals surface area contributed by atoms with Crippen molar-refractivity contribution in [1.29, 1.82) is 0 Å². The molecule has 1 nitrogen and oxygen atoms in total. The van der Waals surface area contributed by atoms with Crippen LogP contribution in [0, 0.1) is 6.92 Å². The van der Waals surface area contributed by atoms with Crippen molar-refractivity contribution >= 4 is 11.6 Å². The molecule has 0 aliphatic heterocycles. The van der Waals surface area contributed by atoms with E-state index >= 15 is 0 Å². The Morgan fingerprint density at radius 1 is 1.25 bits per heavy atom. The maximum absolute atomic E-state index is 11.0. The van der Waals surface area contributed by atoms with Gasteiger partial charge in [-0.1, -0.05) is 29.8 Å². The molecule has 0 heterocycles. The van der Waals surface area contributed by atoms with Crippen molar-refractivity contribution in [2.45, 2.75) is 6.92 Å². The Morgan fingerprint density at radius 3 is 2.33 bits per heavy atom. The van der Waals surface area contributed by atoms with Crippen LogP contribution in [-0.2, 0) is 0 Å². The highest BCUT2D eigenvalue weighted by atomic mass is 35.5. The molecule has 2 aromatic carbocycles. The van der Waals surface area contributed by atoms with E-state index in [9.17, 15) is 4.79 Å². The Labute approximate surface area is 75.3 Å². The molecule has 60 valence electrons. The summed E-state index contributed by atoms with van der Waals surface area (Å²) in [6.07, 6.45) is 0. The smallest absolute Gasteiger partial charge is 0.190 e. The lowest BCUT2D eigenvalue weighted by Crippen LogP contribution is -1.77. The summed E-state index contributed by atoms with van der Waals surface area (Å²) in [6.45, 7) is 1.82. The van der Waals surface area contributed by atoms with Gasteiger partial charge in [0.25, 0.3) is 0 Å². The fraction of sp³-hybridized carbons (Fsp3) is 0.100. The van der Waals surface area contributed by atoms with Crippen molar-refractivity contribution in [2.24, 2.45) is 0 Å². The summed E-state index contributed by atoms with van der Waals surface area (Å²) in [7, 11) is 0. The lowest BCUT2D eigenvalue weighted by atomic mass is 10.2. The molecule has 0 spiro atoms. The molecule has 0 atom stereocenters. The zero-order valence-corrected chi connectivity index (χ0v) is 7.35. The van der Waals surface area contributed by atoms with Crippen molar-refractivity contribution in [3.8, 4) is 11.1 Å². The molecule has 0 aliphatic carbocycles. The largest absolute Gasteiger partial charge is 0.289 e. The molecule has 0 fully saturated rings. The second-order valence-corrected chi connectivity index (χ2v) is 3.22. The minimum Gasteiger partial charge on any atom is -0.289 e. The number of halogens is 1. The summed E-state index contributed by atoms with van der Waals surface area (Å²) in [5.41, 5.74) is 2.63. The van der Waals surface area contributed by atoms with Crippen LogP contribution in [0.15, 0.2) is 29.1 Å². The van der Waals surface area contributed by atoms with Crippen molar-refractivity contribution in [3.05, 3.63) is 45.1 Å². The molecule has 12 heavy (non-hydrogen) atoms. The average molecular weight is 179 g/mol. The number of benzene rings is 1. The van der Waals surface area contributed by atoms with E-state index in [1.54, 1.807) is 6.07 Å². The quantitative estimate of drug-likeness (QED) is 0.656. The van der Waals surface area contributed by atoms with E-state index in [0.29, 0.717) is 5.02 Å². The van der Waals surface area contributed by atoms with Gasteiger partial charge in [-0.2, -0.15) is 0 Å². The van der Waals surface area contributed by atoms with Gasteiger partial charge in [-0.05, 0) is 13.0 Å². The molecular formula is C10H7ClO. The summed E-state index contributed by atoms with van der Waals surface area (Å²) >= 11 is 5.90. The minimum absolute atomic E-state index is 0.142. The van der Waals surface area contributed by atoms with Gasteiger partial charge < -0.3 is 0 Å². The van der Waals surface area contributed by atoms with Gasteiger partial charge in [0, 0.05) is 21.7 Å². The van der Waals surface area contributed by atoms with Crippen LogP contribution >= 0.6 is 11.6 Å². The van der Waals surface area contributed by atoms with E-state index in [1.165, 1.54) is 0 Å². The predicted molar refractivity (Wildman–Crippen MR) is 50.3 cm³/mol. The molecule has 0 bridgehead atoms. The minimum atomic E-state index is 0.142. The second-order valence-electron chi connectivity index (χ2n) is 2.81. The summed E-state index contributed by atoms with van der Waals surface area (Å²) in [6, 6.07) is 7.40. The number of rotatable bonds is 1. The Bertz CT molecular complexity index is 436. The van der Waals surface area contributed by atoms with Gasteiger partial charge in [-0.15, -0.1) is 0 Å². The zero-order valence-electron chi connectivity index (χ0n) is 6.60. The van der Waals surface area contributed by atoms with E-state index in [-0.39, 0.29) is 5.43 Å². The predicted octanol–water partition coefficient (Wildman–Crippen LogP) is 2.55. The third-order valence-electron chi connectivity index (χ3n) is 2.02. The highest BCUT2D eigenvalue weighted by Crippen LogP contribution is 2.30. The van der Waals surface area contributed by atoms with Crippen LogP contribution in [0.5, 0.6) is 0 Å². The molecule has 2 rings (SSSR count). The average Bonchev–Trinajstić information content (AvgIpc) is 2.62. The van der Waals surface area contributed by atoms with Gasteiger partial charge in [-0.25, -0.2) is 0 Å². The molecule has 0 aliphatic rings. The van der Waals surface area contributed by atoms with Crippen molar-refractivity contribution in [2.75, 3.05) is 0 Å². The van der Waals surface area contributed by atoms with E-state index in [4.69, 9.17) is 11.6 Å². The van der Waals surface area contributed by atoms with Crippen LogP contribution in [0.3, 0.4) is 0 Å². The molecule has 0 radical (unpaired) electrons. The molecule has 2 aromatic rings. The Morgan fingerprint density at radius 2 is 1.83 bits per heavy atom. The van der Waals surface area contributed by atoms with Crippen LogP contribution in [0.2, 0.25) is 5.02 Å². The molecule has 0 unspecified atom stereocenters. The molecule has 0 amide bonds. The van der Waals surface area contributed by atoms with Gasteiger partial charge in [0.15, 0.2) is 5.43 Å². The second kappa shape index (κ2) is 2.46. The van der Waals surface area contributed by atoms with Crippen LogP contribution in [0.25, 0.3) is 11.1 Å². The van der Waals surface area contributed by atoms with E-state index < -0.39 is 0 Å². The standard InChI is InChI=1S/C10H7ClO/c1-6-9(10(6)12)7-4-2-3-5-8(7)11/h2-5H,1H3. The molecular weight excluding hydrogens is 172 g/mol. The van der Waals surface area contributed by atoms with Crippen LogP contribution in [-0.4, -0.2) is 0 Å². The SMILES string of the molecule is Cc1c(-c2ccccc2Cl)c1=O. The first kappa shape index (κ1) is 7.56. The van der Waals surface area contributed by atoms with Gasteiger partial charge in [0.2, 0.25) is 0 Å². The van der Waals surface area contributed by atoms with Gasteiger partial charge >= 0.3 is 0 Å². The normalized spacial score (nSPS) is 10.8. The number of hydrogen-bond acceptors (Lipinski definition) is 1. The van der Waals surface area contributed by atoms with E-state index in [2.05, 4.69) is 0 Å². The maximum atomic E-state index is 11.0. The Kier molecular flexibility index (Phi) is 1.55. The summed E-state index contributed by atoms with van der Waals surface area (Å²) in [4.78, 5) is 11.0. The summed E-state index contributed by atoms with van der Waals surface area (Å²) in [5.74, 6) is 0. The summed E-state index contributed by atoms with van der Waals surface area (Å²) in [5, 5.41) is 0.651. The van der Waals surface area contributed by atoms with Crippen molar-refractivity contribution in [1.82, 2.24) is 0 Å². The fourth-order valence-electron chi connectivity index (χ4n) is 1.25. The molecule has 0 saturated heterocycles. The molecule has 0 saturated carbocycles. The first-order valence-corrected chi connectivity index (χ1v) is 4.10. The third kappa shape index (κ3) is 0.978. The molecule has 0 N–H and O–H groups in total. The Hall–Kier alpha value is -1.08. The molecule has 2 heteroatoms. The lowest BCUT2D eigenvalue weighted by Gasteiger charge is -1.94. The van der Waals surface area contributed by atoms with Crippen molar-refractivity contribution < 1.29 is 0 Å². The molecule has 0 aromatic heterocycles. The first-order chi connectivity index (χ1) is 5.72. The van der Waals surface area contributed by atoms with Gasteiger partial charge in [0.05, 0.1) is 0 Å². The van der Waals surface area contributed by atoms with E-state index in [0.717, 1.165) is 16.7 Å². The highest BCUT2D eigenvalue weighted by Gasteiger charge is 2.20. The first-order valence-electron chi connectivity index (χ1n) is 3.72. The maximum Gasteiger partial charge on any atom is 0.190 e. The van der Waals surface area contributed by atoms with Crippen LogP contribution in [0.4, 0.5) is 0 Å². The van der Waals surface area contributed by atoms with Crippen LogP contribution in [0.1, 0.15) is 5.56 Å². The number of hydrogen-bond donors (Lipinski definition) is 0. The topological polar surface area (TPSA) is 17.1 Å². The fourth-order valence-corrected chi connectivity index (χ4v) is 1.48. The highest BCUT2D eigenvalue weighted by molar-refractivity contribution is 6.33. The van der Waals surface area contributed by atoms with Crippen LogP contribution < -0.4 is 5.43 Å². The van der Waals surface area contributed by atoms with Gasteiger partial charge in [0.1, 0.15) is 0 Å².